The molecule has 0 spiro atoms. The molecule has 1 rings (SSSR count). The molecule has 0 bridgehead atoms. The molecule has 19 heavy (non-hydrogen) atoms. The van der Waals surface area contributed by atoms with Crippen molar-refractivity contribution in [1.29, 1.82) is 0 Å². The van der Waals surface area contributed by atoms with Crippen molar-refractivity contribution in [2.75, 3.05) is 0 Å². The van der Waals surface area contributed by atoms with Crippen LogP contribution in [0.2, 0.25) is 0 Å². The van der Waals surface area contributed by atoms with E-state index in [1.54, 1.807) is 32.0 Å². The predicted octanol–water partition coefficient (Wildman–Crippen LogP) is 2.20. The predicted molar refractivity (Wildman–Crippen MR) is 74.1 cm³/mol. The van der Waals surface area contributed by atoms with E-state index in [0.29, 0.717) is 5.75 Å². The molecule has 1 aromatic rings. The summed E-state index contributed by atoms with van der Waals surface area (Å²) in [7, 11) is 0. The Kier molecular flexibility index (Phi) is 5.82. The maximum atomic E-state index is 11.8. The van der Waals surface area contributed by atoms with E-state index in [2.05, 4.69) is 21.2 Å². The number of aliphatic carboxylic acids is 1. The number of benzene rings is 1. The number of hydrogen-bond donors (Lipinski definition) is 2. The largest absolute Gasteiger partial charge is 0.481 e. The maximum absolute atomic E-state index is 11.8. The second kappa shape index (κ2) is 7.13. The van der Waals surface area contributed by atoms with E-state index in [0.717, 1.165) is 4.47 Å². The minimum atomic E-state index is -0.951. The molecule has 0 fully saturated rings. The maximum Gasteiger partial charge on any atom is 0.305 e. The van der Waals surface area contributed by atoms with Crippen LogP contribution in [0.4, 0.5) is 0 Å². The van der Waals surface area contributed by atoms with E-state index >= 15 is 0 Å². The van der Waals surface area contributed by atoms with E-state index in [4.69, 9.17) is 9.84 Å². The first-order valence-electron chi connectivity index (χ1n) is 5.83. The second-order valence-electron chi connectivity index (χ2n) is 4.22. The number of carbonyl (C=O) groups excluding carboxylic acids is 1. The standard InChI is InChI=1S/C13H16BrNO4/c1-8(6-12(16)17)15-13(18)9(2)19-11-5-3-4-10(14)7-11/h3-5,7-9H,6H2,1-2H3,(H,15,18)(H,16,17). The van der Waals surface area contributed by atoms with Crippen molar-refractivity contribution in [3.8, 4) is 5.75 Å². The lowest BCUT2D eigenvalue weighted by Gasteiger charge is -2.17. The van der Waals surface area contributed by atoms with Gasteiger partial charge in [0.15, 0.2) is 6.10 Å². The molecule has 5 nitrogen and oxygen atoms in total. The fourth-order valence-electron chi connectivity index (χ4n) is 1.47. The lowest BCUT2D eigenvalue weighted by atomic mass is 10.2. The van der Waals surface area contributed by atoms with Gasteiger partial charge in [0.25, 0.3) is 5.91 Å². The third-order valence-corrected chi connectivity index (χ3v) is 2.84. The Morgan fingerprint density at radius 1 is 1.42 bits per heavy atom. The van der Waals surface area contributed by atoms with Crippen molar-refractivity contribution in [2.24, 2.45) is 0 Å². The van der Waals surface area contributed by atoms with Gasteiger partial charge in [0.1, 0.15) is 5.75 Å². The van der Waals surface area contributed by atoms with Crippen molar-refractivity contribution >= 4 is 27.8 Å². The third-order valence-electron chi connectivity index (χ3n) is 2.35. The van der Waals surface area contributed by atoms with Gasteiger partial charge < -0.3 is 15.2 Å². The molecule has 0 aromatic heterocycles. The Labute approximate surface area is 120 Å². The van der Waals surface area contributed by atoms with Crippen LogP contribution in [0, 0.1) is 0 Å². The molecule has 1 aromatic carbocycles. The van der Waals surface area contributed by atoms with E-state index in [1.165, 1.54) is 0 Å². The van der Waals surface area contributed by atoms with Crippen LogP contribution >= 0.6 is 15.9 Å². The van der Waals surface area contributed by atoms with Crippen LogP contribution in [-0.2, 0) is 9.59 Å². The zero-order valence-electron chi connectivity index (χ0n) is 10.7. The Bertz CT molecular complexity index is 464. The average molecular weight is 330 g/mol. The molecule has 0 aliphatic carbocycles. The molecular formula is C13H16BrNO4. The number of carboxylic acid groups (broad SMARTS) is 1. The van der Waals surface area contributed by atoms with Crippen LogP contribution < -0.4 is 10.1 Å². The third kappa shape index (κ3) is 5.74. The summed E-state index contributed by atoms with van der Waals surface area (Å²) in [5.41, 5.74) is 0. The Hall–Kier alpha value is -1.56. The fourth-order valence-corrected chi connectivity index (χ4v) is 1.85. The molecule has 0 saturated heterocycles. The van der Waals surface area contributed by atoms with Gasteiger partial charge in [0.05, 0.1) is 6.42 Å². The Morgan fingerprint density at radius 3 is 2.68 bits per heavy atom. The summed E-state index contributed by atoms with van der Waals surface area (Å²) in [5.74, 6) is -0.718. The average Bonchev–Trinajstić information content (AvgIpc) is 2.27. The van der Waals surface area contributed by atoms with Crippen molar-refractivity contribution in [2.45, 2.75) is 32.4 Å². The van der Waals surface area contributed by atoms with Gasteiger partial charge in [-0.25, -0.2) is 0 Å². The molecule has 0 saturated carbocycles. The smallest absolute Gasteiger partial charge is 0.305 e. The van der Waals surface area contributed by atoms with Gasteiger partial charge >= 0.3 is 5.97 Å². The highest BCUT2D eigenvalue weighted by Crippen LogP contribution is 2.18. The number of carbonyl (C=O) groups is 2. The molecular weight excluding hydrogens is 314 g/mol. The SMILES string of the molecule is CC(CC(=O)O)NC(=O)C(C)Oc1cccc(Br)c1. The van der Waals surface area contributed by atoms with E-state index in [9.17, 15) is 9.59 Å². The molecule has 0 heterocycles. The van der Waals surface area contributed by atoms with Crippen LogP contribution in [-0.4, -0.2) is 29.1 Å². The summed E-state index contributed by atoms with van der Waals surface area (Å²) in [5, 5.41) is 11.2. The summed E-state index contributed by atoms with van der Waals surface area (Å²) in [6.07, 6.45) is -0.805. The molecule has 2 atom stereocenters. The molecule has 0 radical (unpaired) electrons. The lowest BCUT2D eigenvalue weighted by molar-refractivity contribution is -0.137. The number of halogens is 1. The highest BCUT2D eigenvalue weighted by Gasteiger charge is 2.18. The van der Waals surface area contributed by atoms with E-state index in [-0.39, 0.29) is 12.3 Å². The summed E-state index contributed by atoms with van der Waals surface area (Å²) >= 11 is 3.31. The van der Waals surface area contributed by atoms with Crippen LogP contribution in [0.25, 0.3) is 0 Å². The summed E-state index contributed by atoms with van der Waals surface area (Å²) in [6.45, 7) is 3.25. The minimum absolute atomic E-state index is 0.116. The number of carboxylic acids is 1. The van der Waals surface area contributed by atoms with Gasteiger partial charge in [-0.15, -0.1) is 0 Å². The molecule has 6 heteroatoms. The van der Waals surface area contributed by atoms with Gasteiger partial charge in [-0.3, -0.25) is 9.59 Å². The van der Waals surface area contributed by atoms with Crippen molar-refractivity contribution < 1.29 is 19.4 Å². The number of amides is 1. The molecule has 0 aliphatic rings. The lowest BCUT2D eigenvalue weighted by Crippen LogP contribution is -2.42. The highest BCUT2D eigenvalue weighted by atomic mass is 79.9. The van der Waals surface area contributed by atoms with Gasteiger partial charge in [-0.2, -0.15) is 0 Å². The van der Waals surface area contributed by atoms with Crippen LogP contribution in [0.1, 0.15) is 20.3 Å². The zero-order chi connectivity index (χ0) is 14.4. The van der Waals surface area contributed by atoms with Crippen molar-refractivity contribution in [3.63, 3.8) is 0 Å². The van der Waals surface area contributed by atoms with Crippen molar-refractivity contribution in [3.05, 3.63) is 28.7 Å². The summed E-state index contributed by atoms with van der Waals surface area (Å²) in [6, 6.07) is 6.72. The molecule has 104 valence electrons. The van der Waals surface area contributed by atoms with Gasteiger partial charge in [-0.05, 0) is 32.0 Å². The van der Waals surface area contributed by atoms with Crippen LogP contribution in [0.5, 0.6) is 5.75 Å². The number of ether oxygens (including phenoxy) is 1. The van der Waals surface area contributed by atoms with Gasteiger partial charge in [0, 0.05) is 10.5 Å². The minimum Gasteiger partial charge on any atom is -0.481 e. The number of hydrogen-bond acceptors (Lipinski definition) is 3. The second-order valence-corrected chi connectivity index (χ2v) is 5.14. The monoisotopic (exact) mass is 329 g/mol. The molecule has 0 aliphatic heterocycles. The summed E-state index contributed by atoms with van der Waals surface area (Å²) in [4.78, 5) is 22.3. The molecule has 1 amide bonds. The first kappa shape index (κ1) is 15.5. The number of nitrogens with one attached hydrogen (secondary N) is 1. The first-order valence-corrected chi connectivity index (χ1v) is 6.62. The normalized spacial score (nSPS) is 13.4. The van der Waals surface area contributed by atoms with Crippen molar-refractivity contribution in [1.82, 2.24) is 5.32 Å². The van der Waals surface area contributed by atoms with Crippen LogP contribution in [0.3, 0.4) is 0 Å². The first-order chi connectivity index (χ1) is 8.88. The summed E-state index contributed by atoms with van der Waals surface area (Å²) < 4.78 is 6.33. The Morgan fingerprint density at radius 2 is 2.11 bits per heavy atom. The number of rotatable bonds is 6. The fraction of sp³-hybridized carbons (Fsp3) is 0.385. The van der Waals surface area contributed by atoms with Gasteiger partial charge in [0.2, 0.25) is 0 Å². The Balaban J connectivity index is 2.51. The quantitative estimate of drug-likeness (QED) is 0.838. The zero-order valence-corrected chi connectivity index (χ0v) is 12.3. The topological polar surface area (TPSA) is 75.6 Å². The molecule has 2 N–H and O–H groups in total. The molecule has 2 unspecified atom stereocenters. The van der Waals surface area contributed by atoms with Crippen LogP contribution in [0.15, 0.2) is 28.7 Å². The van der Waals surface area contributed by atoms with Gasteiger partial charge in [-0.1, -0.05) is 22.0 Å². The van der Waals surface area contributed by atoms with E-state index in [1.807, 2.05) is 6.07 Å². The van der Waals surface area contributed by atoms with E-state index < -0.39 is 18.1 Å². The highest BCUT2D eigenvalue weighted by molar-refractivity contribution is 9.10.